The van der Waals surface area contributed by atoms with E-state index in [4.69, 9.17) is 0 Å². The van der Waals surface area contributed by atoms with Crippen LogP contribution in [0.2, 0.25) is 0 Å². The van der Waals surface area contributed by atoms with Crippen molar-refractivity contribution in [2.45, 2.75) is 5.03 Å². The Morgan fingerprint density at radius 2 is 1.59 bits per heavy atom. The molecule has 0 aliphatic heterocycles. The van der Waals surface area contributed by atoms with E-state index < -0.39 is 5.82 Å². The van der Waals surface area contributed by atoms with Crippen molar-refractivity contribution in [2.24, 2.45) is 0 Å². The Morgan fingerprint density at radius 3 is 2.37 bits per heavy atom. The standard InChI is InChI=1S/C22H15FN2OS/c23-17-10-6-9-16(13-17)20(26)14-27-22-19-12-5-4-11-18(19)21(24-25-22)15-7-2-1-3-8-15/h1-13H,14H2. The molecule has 0 fully saturated rings. The average Bonchev–Trinajstić information content (AvgIpc) is 2.72. The molecule has 0 aliphatic rings. The summed E-state index contributed by atoms with van der Waals surface area (Å²) in [6.45, 7) is 0. The lowest BCUT2D eigenvalue weighted by Gasteiger charge is -2.09. The summed E-state index contributed by atoms with van der Waals surface area (Å²) in [5.41, 5.74) is 2.17. The molecule has 1 aromatic heterocycles. The Balaban J connectivity index is 1.64. The average molecular weight is 374 g/mol. The monoisotopic (exact) mass is 374 g/mol. The van der Waals surface area contributed by atoms with Gasteiger partial charge in [0.2, 0.25) is 0 Å². The minimum Gasteiger partial charge on any atom is -0.293 e. The molecule has 0 saturated carbocycles. The van der Waals surface area contributed by atoms with Crippen LogP contribution in [0.25, 0.3) is 22.0 Å². The second-order valence-corrected chi connectivity index (χ2v) is 6.95. The zero-order valence-corrected chi connectivity index (χ0v) is 15.1. The van der Waals surface area contributed by atoms with Crippen LogP contribution in [0.4, 0.5) is 4.39 Å². The van der Waals surface area contributed by atoms with E-state index in [0.29, 0.717) is 10.6 Å². The van der Waals surface area contributed by atoms with Gasteiger partial charge in [-0.1, -0.05) is 78.5 Å². The van der Waals surface area contributed by atoms with E-state index in [9.17, 15) is 9.18 Å². The van der Waals surface area contributed by atoms with E-state index in [1.54, 1.807) is 6.07 Å². The van der Waals surface area contributed by atoms with Crippen molar-refractivity contribution in [3.63, 3.8) is 0 Å². The highest BCUT2D eigenvalue weighted by molar-refractivity contribution is 8.00. The second-order valence-electron chi connectivity index (χ2n) is 5.99. The number of aromatic nitrogens is 2. The molecule has 1 heterocycles. The van der Waals surface area contributed by atoms with Crippen LogP contribution in [0, 0.1) is 5.82 Å². The van der Waals surface area contributed by atoms with Crippen molar-refractivity contribution in [1.82, 2.24) is 10.2 Å². The van der Waals surface area contributed by atoms with Crippen molar-refractivity contribution in [2.75, 3.05) is 5.75 Å². The molecule has 0 amide bonds. The summed E-state index contributed by atoms with van der Waals surface area (Å²) in [5, 5.41) is 11.4. The topological polar surface area (TPSA) is 42.9 Å². The van der Waals surface area contributed by atoms with Crippen LogP contribution in [-0.2, 0) is 0 Å². The molecule has 0 saturated heterocycles. The molecule has 27 heavy (non-hydrogen) atoms. The first kappa shape index (κ1) is 17.4. The number of hydrogen-bond acceptors (Lipinski definition) is 4. The summed E-state index contributed by atoms with van der Waals surface area (Å²) in [6.07, 6.45) is 0. The molecule has 0 unspecified atom stereocenters. The number of nitrogens with zero attached hydrogens (tertiary/aromatic N) is 2. The quantitative estimate of drug-likeness (QED) is 0.346. The molecular weight excluding hydrogens is 359 g/mol. The van der Waals surface area contributed by atoms with Gasteiger partial charge in [0.1, 0.15) is 16.5 Å². The number of hydrogen-bond donors (Lipinski definition) is 0. The molecule has 0 atom stereocenters. The molecule has 132 valence electrons. The number of halogens is 1. The lowest BCUT2D eigenvalue weighted by atomic mass is 10.1. The van der Waals surface area contributed by atoms with Gasteiger partial charge >= 0.3 is 0 Å². The molecule has 3 nitrogen and oxygen atoms in total. The van der Waals surface area contributed by atoms with Crippen molar-refractivity contribution < 1.29 is 9.18 Å². The van der Waals surface area contributed by atoms with Crippen LogP contribution in [-0.4, -0.2) is 21.7 Å². The smallest absolute Gasteiger partial charge is 0.173 e. The molecule has 0 N–H and O–H groups in total. The third-order valence-electron chi connectivity index (χ3n) is 4.19. The second kappa shape index (κ2) is 7.68. The number of Topliss-reactive ketones (excluding diaryl/α,β-unsaturated/α-hetero) is 1. The summed E-state index contributed by atoms with van der Waals surface area (Å²) >= 11 is 1.32. The summed E-state index contributed by atoms with van der Waals surface area (Å²) in [7, 11) is 0. The molecule has 0 spiro atoms. The lowest BCUT2D eigenvalue weighted by molar-refractivity contribution is 0.102. The summed E-state index contributed by atoms with van der Waals surface area (Å²) < 4.78 is 13.3. The number of rotatable bonds is 5. The van der Waals surface area contributed by atoms with E-state index in [2.05, 4.69) is 10.2 Å². The van der Waals surface area contributed by atoms with E-state index in [1.165, 1.54) is 30.0 Å². The zero-order valence-electron chi connectivity index (χ0n) is 14.3. The predicted octanol–water partition coefficient (Wildman–Crippen LogP) is 5.41. The molecule has 0 radical (unpaired) electrons. The van der Waals surface area contributed by atoms with Crippen LogP contribution in [0.3, 0.4) is 0 Å². The highest BCUT2D eigenvalue weighted by Crippen LogP contribution is 2.31. The van der Waals surface area contributed by atoms with Gasteiger partial charge in [0.15, 0.2) is 5.78 Å². The predicted molar refractivity (Wildman–Crippen MR) is 106 cm³/mol. The Hall–Kier alpha value is -3.05. The Bertz CT molecular complexity index is 1120. The lowest BCUT2D eigenvalue weighted by Crippen LogP contribution is -2.03. The Morgan fingerprint density at radius 1 is 0.852 bits per heavy atom. The Kier molecular flexibility index (Phi) is 4.94. The zero-order chi connectivity index (χ0) is 18.6. The fraction of sp³-hybridized carbons (Fsp3) is 0.0455. The molecule has 0 bridgehead atoms. The number of ketones is 1. The van der Waals surface area contributed by atoms with Gasteiger partial charge in [-0.15, -0.1) is 10.2 Å². The highest BCUT2D eigenvalue weighted by Gasteiger charge is 2.13. The fourth-order valence-corrected chi connectivity index (χ4v) is 3.74. The molecule has 3 aromatic carbocycles. The summed E-state index contributed by atoms with van der Waals surface area (Å²) in [4.78, 5) is 12.4. The fourth-order valence-electron chi connectivity index (χ4n) is 2.87. The maximum Gasteiger partial charge on any atom is 0.173 e. The number of fused-ring (bicyclic) bond motifs is 1. The van der Waals surface area contributed by atoms with E-state index in [0.717, 1.165) is 22.0 Å². The molecular formula is C22H15FN2OS. The van der Waals surface area contributed by atoms with E-state index >= 15 is 0 Å². The molecule has 4 aromatic rings. The maximum atomic E-state index is 13.3. The minimum absolute atomic E-state index is 0.141. The van der Waals surface area contributed by atoms with Gasteiger partial charge in [0, 0.05) is 21.9 Å². The largest absolute Gasteiger partial charge is 0.293 e. The number of thioether (sulfide) groups is 1. The first-order valence-corrected chi connectivity index (χ1v) is 9.43. The van der Waals surface area contributed by atoms with E-state index in [-0.39, 0.29) is 11.5 Å². The van der Waals surface area contributed by atoms with Gasteiger partial charge < -0.3 is 0 Å². The van der Waals surface area contributed by atoms with Crippen LogP contribution in [0.5, 0.6) is 0 Å². The minimum atomic E-state index is -0.414. The van der Waals surface area contributed by atoms with Gasteiger partial charge in [-0.25, -0.2) is 4.39 Å². The maximum absolute atomic E-state index is 13.3. The number of carbonyl (C=O) groups excluding carboxylic acids is 1. The number of carbonyl (C=O) groups is 1. The van der Waals surface area contributed by atoms with Gasteiger partial charge in [-0.2, -0.15) is 0 Å². The SMILES string of the molecule is O=C(CSc1nnc(-c2ccccc2)c2ccccc12)c1cccc(F)c1. The summed E-state index contributed by atoms with van der Waals surface area (Å²) in [6, 6.07) is 23.5. The van der Waals surface area contributed by atoms with Gasteiger partial charge in [-0.3, -0.25) is 4.79 Å². The van der Waals surface area contributed by atoms with Gasteiger partial charge in [0.05, 0.1) is 5.75 Å². The van der Waals surface area contributed by atoms with Crippen molar-refractivity contribution >= 4 is 28.3 Å². The first-order valence-electron chi connectivity index (χ1n) is 8.45. The number of benzene rings is 3. The van der Waals surface area contributed by atoms with Crippen LogP contribution in [0.15, 0.2) is 83.9 Å². The first-order chi connectivity index (χ1) is 13.2. The van der Waals surface area contributed by atoms with Gasteiger partial charge in [0.25, 0.3) is 0 Å². The van der Waals surface area contributed by atoms with Crippen molar-refractivity contribution in [3.05, 3.63) is 90.2 Å². The third-order valence-corrected chi connectivity index (χ3v) is 5.17. The van der Waals surface area contributed by atoms with Gasteiger partial charge in [-0.05, 0) is 12.1 Å². The Labute approximate surface area is 160 Å². The van der Waals surface area contributed by atoms with E-state index in [1.807, 2.05) is 54.6 Å². The highest BCUT2D eigenvalue weighted by atomic mass is 32.2. The third kappa shape index (κ3) is 3.73. The molecule has 4 rings (SSSR count). The molecule has 0 aliphatic carbocycles. The van der Waals surface area contributed by atoms with Crippen molar-refractivity contribution in [1.29, 1.82) is 0 Å². The normalized spacial score (nSPS) is 10.9. The van der Waals surface area contributed by atoms with Crippen LogP contribution < -0.4 is 0 Å². The van der Waals surface area contributed by atoms with Crippen molar-refractivity contribution in [3.8, 4) is 11.3 Å². The molecule has 5 heteroatoms. The van der Waals surface area contributed by atoms with Crippen LogP contribution in [0.1, 0.15) is 10.4 Å². The summed E-state index contributed by atoms with van der Waals surface area (Å²) in [5.74, 6) is -0.381. The van der Waals surface area contributed by atoms with Crippen LogP contribution >= 0.6 is 11.8 Å².